The molecule has 76 valence electrons. The molecule has 0 unspecified atom stereocenters. The van der Waals surface area contributed by atoms with Crippen molar-refractivity contribution in [2.75, 3.05) is 13.1 Å². The fourth-order valence-corrected chi connectivity index (χ4v) is 1.16. The van der Waals surface area contributed by atoms with Gasteiger partial charge in [0.15, 0.2) is 5.78 Å². The molecule has 0 aromatic heterocycles. The number of benzene rings is 1. The average Bonchev–Trinajstić information content (AvgIpc) is 2.18. The zero-order valence-electron chi connectivity index (χ0n) is 8.22. The highest BCUT2D eigenvalue weighted by Gasteiger charge is 2.02. The Morgan fingerprint density at radius 3 is 2.57 bits per heavy atom. The van der Waals surface area contributed by atoms with Crippen molar-refractivity contribution < 1.29 is 9.18 Å². The van der Waals surface area contributed by atoms with Crippen LogP contribution in [0.4, 0.5) is 4.39 Å². The smallest absolute Gasteiger partial charge is 0.150 e. The maximum absolute atomic E-state index is 12.5. The normalized spacial score (nSPS) is 10.1. The van der Waals surface area contributed by atoms with Crippen LogP contribution >= 0.6 is 0 Å². The highest BCUT2D eigenvalue weighted by molar-refractivity contribution is 5.82. The van der Waals surface area contributed by atoms with Gasteiger partial charge in [-0.15, -0.1) is 0 Å². The summed E-state index contributed by atoms with van der Waals surface area (Å²) in [4.78, 5) is 11.3. The lowest BCUT2D eigenvalue weighted by Gasteiger charge is -2.01. The van der Waals surface area contributed by atoms with E-state index in [1.54, 1.807) is 12.1 Å². The van der Waals surface area contributed by atoms with Crippen LogP contribution in [0.3, 0.4) is 0 Å². The second-order valence-corrected chi connectivity index (χ2v) is 3.12. The van der Waals surface area contributed by atoms with E-state index in [1.165, 1.54) is 12.1 Å². The zero-order valence-corrected chi connectivity index (χ0v) is 8.22. The molecule has 0 amide bonds. The summed E-state index contributed by atoms with van der Waals surface area (Å²) < 4.78 is 12.5. The van der Waals surface area contributed by atoms with E-state index >= 15 is 0 Å². The van der Waals surface area contributed by atoms with Gasteiger partial charge in [0.1, 0.15) is 5.82 Å². The minimum atomic E-state index is -0.270. The fraction of sp³-hybridized carbons (Fsp3) is 0.364. The van der Waals surface area contributed by atoms with Gasteiger partial charge in [-0.05, 0) is 24.2 Å². The van der Waals surface area contributed by atoms with Gasteiger partial charge in [0, 0.05) is 6.42 Å². The lowest BCUT2D eigenvalue weighted by molar-refractivity contribution is -0.117. The molecule has 0 aliphatic rings. The van der Waals surface area contributed by atoms with E-state index in [4.69, 9.17) is 0 Å². The molecule has 0 atom stereocenters. The summed E-state index contributed by atoms with van der Waals surface area (Å²) >= 11 is 0. The van der Waals surface area contributed by atoms with Crippen LogP contribution < -0.4 is 5.32 Å². The number of rotatable bonds is 5. The molecule has 2 nitrogen and oxygen atoms in total. The Hall–Kier alpha value is -1.22. The predicted molar refractivity (Wildman–Crippen MR) is 53.7 cm³/mol. The zero-order chi connectivity index (χ0) is 10.4. The van der Waals surface area contributed by atoms with E-state index in [1.807, 2.05) is 6.92 Å². The van der Waals surface area contributed by atoms with Gasteiger partial charge in [-0.1, -0.05) is 19.1 Å². The minimum absolute atomic E-state index is 0.124. The van der Waals surface area contributed by atoms with Crippen molar-refractivity contribution in [1.82, 2.24) is 5.32 Å². The summed E-state index contributed by atoms with van der Waals surface area (Å²) in [5.74, 6) is -0.147. The summed E-state index contributed by atoms with van der Waals surface area (Å²) in [6, 6.07) is 6.02. The Labute approximate surface area is 83.1 Å². The van der Waals surface area contributed by atoms with Crippen LogP contribution in [-0.2, 0) is 11.2 Å². The Morgan fingerprint density at radius 2 is 2.00 bits per heavy atom. The fourth-order valence-electron chi connectivity index (χ4n) is 1.16. The van der Waals surface area contributed by atoms with Gasteiger partial charge in [0.05, 0.1) is 6.54 Å². The molecule has 0 radical (unpaired) electrons. The van der Waals surface area contributed by atoms with Gasteiger partial charge in [0.2, 0.25) is 0 Å². The van der Waals surface area contributed by atoms with Gasteiger partial charge < -0.3 is 5.32 Å². The third-order valence-electron chi connectivity index (χ3n) is 1.89. The van der Waals surface area contributed by atoms with Gasteiger partial charge in [0.25, 0.3) is 0 Å². The molecular formula is C11H14FNO. The first-order valence-corrected chi connectivity index (χ1v) is 4.69. The summed E-state index contributed by atoms with van der Waals surface area (Å²) in [6.07, 6.45) is 0.368. The van der Waals surface area contributed by atoms with E-state index in [-0.39, 0.29) is 11.6 Å². The largest absolute Gasteiger partial charge is 0.310 e. The molecule has 1 aromatic rings. The number of hydrogen-bond acceptors (Lipinski definition) is 2. The highest BCUT2D eigenvalue weighted by Crippen LogP contribution is 2.03. The molecule has 0 heterocycles. The minimum Gasteiger partial charge on any atom is -0.310 e. The van der Waals surface area contributed by atoms with Crippen molar-refractivity contribution >= 4 is 5.78 Å². The average molecular weight is 195 g/mol. The summed E-state index contributed by atoms with van der Waals surface area (Å²) in [7, 11) is 0. The van der Waals surface area contributed by atoms with Crippen LogP contribution in [0.1, 0.15) is 12.5 Å². The topological polar surface area (TPSA) is 29.1 Å². The number of Topliss-reactive ketones (excluding diaryl/α,β-unsaturated/α-hetero) is 1. The highest BCUT2D eigenvalue weighted by atomic mass is 19.1. The Morgan fingerprint density at radius 1 is 1.36 bits per heavy atom. The molecule has 1 N–H and O–H groups in total. The van der Waals surface area contributed by atoms with Gasteiger partial charge in [-0.2, -0.15) is 0 Å². The van der Waals surface area contributed by atoms with Crippen LogP contribution in [0.15, 0.2) is 24.3 Å². The van der Waals surface area contributed by atoms with Crippen LogP contribution in [0.25, 0.3) is 0 Å². The Kier molecular flexibility index (Phi) is 4.26. The Bertz CT molecular complexity index is 295. The quantitative estimate of drug-likeness (QED) is 0.772. The molecule has 1 rings (SSSR count). The van der Waals surface area contributed by atoms with E-state index in [0.29, 0.717) is 13.0 Å². The van der Waals surface area contributed by atoms with Gasteiger partial charge in [-0.25, -0.2) is 4.39 Å². The monoisotopic (exact) mass is 195 g/mol. The van der Waals surface area contributed by atoms with E-state index in [9.17, 15) is 9.18 Å². The van der Waals surface area contributed by atoms with Crippen molar-refractivity contribution in [3.8, 4) is 0 Å². The maximum Gasteiger partial charge on any atom is 0.150 e. The first-order chi connectivity index (χ1) is 6.72. The van der Waals surface area contributed by atoms with Crippen molar-refractivity contribution in [2.45, 2.75) is 13.3 Å². The molecule has 0 bridgehead atoms. The third kappa shape index (κ3) is 3.66. The van der Waals surface area contributed by atoms with Gasteiger partial charge in [-0.3, -0.25) is 4.79 Å². The molecule has 3 heteroatoms. The van der Waals surface area contributed by atoms with E-state index < -0.39 is 0 Å². The van der Waals surface area contributed by atoms with Crippen LogP contribution in [-0.4, -0.2) is 18.9 Å². The first-order valence-electron chi connectivity index (χ1n) is 4.69. The molecule has 0 aliphatic heterocycles. The third-order valence-corrected chi connectivity index (χ3v) is 1.89. The molecule has 0 fully saturated rings. The van der Waals surface area contributed by atoms with Crippen molar-refractivity contribution in [3.05, 3.63) is 35.6 Å². The second-order valence-electron chi connectivity index (χ2n) is 3.12. The molecular weight excluding hydrogens is 181 g/mol. The van der Waals surface area contributed by atoms with Crippen LogP contribution in [0, 0.1) is 5.82 Å². The molecule has 0 saturated heterocycles. The van der Waals surface area contributed by atoms with Gasteiger partial charge >= 0.3 is 0 Å². The molecule has 0 aliphatic carbocycles. The van der Waals surface area contributed by atoms with Crippen molar-refractivity contribution in [1.29, 1.82) is 0 Å². The van der Waals surface area contributed by atoms with E-state index in [0.717, 1.165) is 12.1 Å². The van der Waals surface area contributed by atoms with Crippen molar-refractivity contribution in [3.63, 3.8) is 0 Å². The lowest BCUT2D eigenvalue weighted by atomic mass is 10.1. The molecule has 0 spiro atoms. The van der Waals surface area contributed by atoms with Crippen LogP contribution in [0.2, 0.25) is 0 Å². The standard InChI is InChI=1S/C11H14FNO/c1-2-13-8-11(14)7-9-3-5-10(12)6-4-9/h3-6,13H,2,7-8H2,1H3. The van der Waals surface area contributed by atoms with Crippen molar-refractivity contribution in [2.24, 2.45) is 0 Å². The molecule has 14 heavy (non-hydrogen) atoms. The summed E-state index contributed by atoms with van der Waals surface area (Å²) in [5, 5.41) is 2.96. The number of hydrogen-bond donors (Lipinski definition) is 1. The summed E-state index contributed by atoms with van der Waals surface area (Å²) in [5.41, 5.74) is 0.856. The summed E-state index contributed by atoms with van der Waals surface area (Å²) in [6.45, 7) is 3.12. The number of carbonyl (C=O) groups excluding carboxylic acids is 1. The van der Waals surface area contributed by atoms with Crippen LogP contribution in [0.5, 0.6) is 0 Å². The SMILES string of the molecule is CCNCC(=O)Cc1ccc(F)cc1. The number of likely N-dealkylation sites (N-methyl/N-ethyl adjacent to an activating group) is 1. The number of ketones is 1. The molecule has 1 aromatic carbocycles. The second kappa shape index (κ2) is 5.50. The Balaban J connectivity index is 2.44. The van der Waals surface area contributed by atoms with E-state index in [2.05, 4.69) is 5.32 Å². The predicted octanol–water partition coefficient (Wildman–Crippen LogP) is 1.55. The lowest BCUT2D eigenvalue weighted by Crippen LogP contribution is -2.23. The molecule has 0 saturated carbocycles. The first kappa shape index (κ1) is 10.9. The number of nitrogens with one attached hydrogen (secondary N) is 1. The maximum atomic E-state index is 12.5. The number of halogens is 1. The number of carbonyl (C=O) groups is 1.